The van der Waals surface area contributed by atoms with Crippen LogP contribution in [-0.4, -0.2) is 24.1 Å². The number of esters is 2. The summed E-state index contributed by atoms with van der Waals surface area (Å²) in [4.78, 5) is 25.0. The van der Waals surface area contributed by atoms with Gasteiger partial charge in [-0.05, 0) is 64.2 Å². The average Bonchev–Trinajstić information content (AvgIpc) is 2.66. The van der Waals surface area contributed by atoms with E-state index in [1.54, 1.807) is 0 Å². The Hall–Kier alpha value is -1.32. The van der Waals surface area contributed by atoms with Crippen LogP contribution in [0.2, 0.25) is 0 Å². The number of rotatable bonds is 9. The number of hydrogen-bond donors (Lipinski definition) is 0. The van der Waals surface area contributed by atoms with Crippen LogP contribution < -0.4 is 0 Å². The van der Waals surface area contributed by atoms with Crippen molar-refractivity contribution in [1.29, 1.82) is 0 Å². The number of carbonyl (C=O) groups is 2. The summed E-state index contributed by atoms with van der Waals surface area (Å²) < 4.78 is 11.3. The zero-order valence-electron chi connectivity index (χ0n) is 16.4. The molecule has 4 nitrogen and oxygen atoms in total. The number of ether oxygens (including phenoxy) is 2. The molecule has 0 bridgehead atoms. The van der Waals surface area contributed by atoms with Gasteiger partial charge in [0.2, 0.25) is 0 Å². The van der Waals surface area contributed by atoms with Crippen LogP contribution in [0.3, 0.4) is 0 Å². The van der Waals surface area contributed by atoms with Crippen molar-refractivity contribution in [3.63, 3.8) is 0 Å². The SMILES string of the molecule is CCC/C=C/CC(CC(=O)OC1CCCCC1)C(=O)OC1CCCCC1. The van der Waals surface area contributed by atoms with Crippen LogP contribution in [0.4, 0.5) is 0 Å². The topological polar surface area (TPSA) is 52.6 Å². The van der Waals surface area contributed by atoms with E-state index in [2.05, 4.69) is 13.0 Å². The molecule has 0 aromatic carbocycles. The molecule has 0 heterocycles. The van der Waals surface area contributed by atoms with Crippen molar-refractivity contribution in [2.45, 2.75) is 109 Å². The quantitative estimate of drug-likeness (QED) is 0.401. The van der Waals surface area contributed by atoms with Gasteiger partial charge < -0.3 is 9.47 Å². The lowest BCUT2D eigenvalue weighted by Gasteiger charge is -2.25. The fourth-order valence-electron chi connectivity index (χ4n) is 3.87. The Bertz CT molecular complexity index is 445. The summed E-state index contributed by atoms with van der Waals surface area (Å²) >= 11 is 0. The van der Waals surface area contributed by atoms with E-state index in [-0.39, 0.29) is 30.6 Å². The molecule has 0 aromatic heterocycles. The Labute approximate surface area is 158 Å². The number of allylic oxidation sites excluding steroid dienone is 2. The molecule has 0 saturated heterocycles. The van der Waals surface area contributed by atoms with E-state index >= 15 is 0 Å². The fourth-order valence-corrected chi connectivity index (χ4v) is 3.87. The highest BCUT2D eigenvalue weighted by Gasteiger charge is 2.28. The van der Waals surface area contributed by atoms with E-state index in [1.165, 1.54) is 12.8 Å². The summed E-state index contributed by atoms with van der Waals surface area (Å²) in [5.74, 6) is -0.883. The molecule has 4 heteroatoms. The summed E-state index contributed by atoms with van der Waals surface area (Å²) in [6.45, 7) is 2.13. The largest absolute Gasteiger partial charge is 0.462 e. The molecule has 0 N–H and O–H groups in total. The van der Waals surface area contributed by atoms with Crippen molar-refractivity contribution >= 4 is 11.9 Å². The molecule has 0 radical (unpaired) electrons. The Morgan fingerprint density at radius 1 is 0.885 bits per heavy atom. The second-order valence-corrected chi connectivity index (χ2v) is 7.84. The lowest BCUT2D eigenvalue weighted by Crippen LogP contribution is -2.29. The van der Waals surface area contributed by atoms with Crippen LogP contribution in [0.1, 0.15) is 96.8 Å². The summed E-state index contributed by atoms with van der Waals surface area (Å²) in [6.07, 6.45) is 17.8. The molecule has 26 heavy (non-hydrogen) atoms. The van der Waals surface area contributed by atoms with E-state index in [0.29, 0.717) is 6.42 Å². The summed E-state index contributed by atoms with van der Waals surface area (Å²) in [7, 11) is 0. The normalized spacial score (nSPS) is 20.8. The molecule has 1 atom stereocenters. The van der Waals surface area contributed by atoms with Gasteiger partial charge in [0.1, 0.15) is 12.2 Å². The van der Waals surface area contributed by atoms with Crippen molar-refractivity contribution in [1.82, 2.24) is 0 Å². The molecule has 2 aliphatic rings. The van der Waals surface area contributed by atoms with Crippen LogP contribution in [-0.2, 0) is 19.1 Å². The number of carbonyl (C=O) groups excluding carboxylic acids is 2. The van der Waals surface area contributed by atoms with Crippen molar-refractivity contribution in [3.05, 3.63) is 12.2 Å². The van der Waals surface area contributed by atoms with Crippen LogP contribution in [0, 0.1) is 5.92 Å². The lowest BCUT2D eigenvalue weighted by molar-refractivity contribution is -0.162. The second-order valence-electron chi connectivity index (χ2n) is 7.84. The monoisotopic (exact) mass is 364 g/mol. The predicted molar refractivity (Wildman–Crippen MR) is 103 cm³/mol. The molecular formula is C22H36O4. The van der Waals surface area contributed by atoms with E-state index < -0.39 is 5.92 Å². The minimum atomic E-state index is -0.416. The maximum atomic E-state index is 12.6. The van der Waals surface area contributed by atoms with Gasteiger partial charge >= 0.3 is 11.9 Å². The minimum Gasteiger partial charge on any atom is -0.462 e. The third kappa shape index (κ3) is 7.92. The summed E-state index contributed by atoms with van der Waals surface area (Å²) in [5.41, 5.74) is 0. The van der Waals surface area contributed by atoms with Gasteiger partial charge in [0.15, 0.2) is 0 Å². The first kappa shape index (κ1) is 21.0. The smallest absolute Gasteiger partial charge is 0.310 e. The van der Waals surface area contributed by atoms with Crippen molar-refractivity contribution in [2.24, 2.45) is 5.92 Å². The van der Waals surface area contributed by atoms with E-state index in [1.807, 2.05) is 6.08 Å². The molecular weight excluding hydrogens is 328 g/mol. The van der Waals surface area contributed by atoms with Crippen molar-refractivity contribution in [2.75, 3.05) is 0 Å². The maximum absolute atomic E-state index is 12.6. The van der Waals surface area contributed by atoms with Gasteiger partial charge in [0.25, 0.3) is 0 Å². The Morgan fingerprint density at radius 3 is 2.04 bits per heavy atom. The summed E-state index contributed by atoms with van der Waals surface area (Å²) in [5, 5.41) is 0. The van der Waals surface area contributed by atoms with Crippen LogP contribution in [0.15, 0.2) is 12.2 Å². The van der Waals surface area contributed by atoms with Gasteiger partial charge in [0, 0.05) is 0 Å². The molecule has 2 fully saturated rings. The Morgan fingerprint density at radius 2 is 1.46 bits per heavy atom. The average molecular weight is 365 g/mol. The molecule has 2 aliphatic carbocycles. The van der Waals surface area contributed by atoms with Gasteiger partial charge in [-0.1, -0.05) is 38.3 Å². The minimum absolute atomic E-state index is 0.0349. The molecule has 0 aromatic rings. The third-order valence-corrected chi connectivity index (χ3v) is 5.47. The first-order valence-electron chi connectivity index (χ1n) is 10.7. The van der Waals surface area contributed by atoms with Crippen molar-refractivity contribution in [3.8, 4) is 0 Å². The standard InChI is InChI=1S/C22H36O4/c1-2-3-4-7-12-18(22(24)26-20-15-10-6-11-16-20)17-21(23)25-19-13-8-5-9-14-19/h4,7,18-20H,2-3,5-6,8-17H2,1H3/b7-4+. The van der Waals surface area contributed by atoms with Gasteiger partial charge in [-0.2, -0.15) is 0 Å². The highest BCUT2D eigenvalue weighted by molar-refractivity contribution is 5.80. The maximum Gasteiger partial charge on any atom is 0.310 e. The highest BCUT2D eigenvalue weighted by Crippen LogP contribution is 2.25. The summed E-state index contributed by atoms with van der Waals surface area (Å²) in [6, 6.07) is 0. The van der Waals surface area contributed by atoms with Gasteiger partial charge in [-0.3, -0.25) is 9.59 Å². The third-order valence-electron chi connectivity index (χ3n) is 5.47. The predicted octanol–water partition coefficient (Wildman–Crippen LogP) is 5.49. The van der Waals surface area contributed by atoms with Gasteiger partial charge in [-0.25, -0.2) is 0 Å². The zero-order valence-corrected chi connectivity index (χ0v) is 16.4. The van der Waals surface area contributed by atoms with Crippen molar-refractivity contribution < 1.29 is 19.1 Å². The molecule has 0 amide bonds. The second kappa shape index (κ2) is 12.1. The van der Waals surface area contributed by atoms with E-state index in [4.69, 9.17) is 9.47 Å². The van der Waals surface area contributed by atoms with E-state index in [0.717, 1.165) is 64.2 Å². The van der Waals surface area contributed by atoms with Gasteiger partial charge in [0.05, 0.1) is 12.3 Å². The molecule has 1 unspecified atom stereocenters. The first-order chi connectivity index (χ1) is 12.7. The molecule has 148 valence electrons. The van der Waals surface area contributed by atoms with Gasteiger partial charge in [-0.15, -0.1) is 0 Å². The molecule has 0 aliphatic heterocycles. The van der Waals surface area contributed by atoms with Crippen LogP contribution in [0.25, 0.3) is 0 Å². The van der Waals surface area contributed by atoms with E-state index in [9.17, 15) is 9.59 Å². The highest BCUT2D eigenvalue weighted by atomic mass is 16.6. The first-order valence-corrected chi connectivity index (χ1v) is 10.7. The number of unbranched alkanes of at least 4 members (excludes halogenated alkanes) is 1. The van der Waals surface area contributed by atoms with Crippen LogP contribution in [0.5, 0.6) is 0 Å². The Kier molecular flexibility index (Phi) is 9.80. The Balaban J connectivity index is 1.85. The molecule has 2 saturated carbocycles. The zero-order chi connectivity index (χ0) is 18.6. The molecule has 2 rings (SSSR count). The lowest BCUT2D eigenvalue weighted by atomic mass is 9.96. The fraction of sp³-hybridized carbons (Fsp3) is 0.818. The number of hydrogen-bond acceptors (Lipinski definition) is 4. The van der Waals surface area contributed by atoms with Crippen LogP contribution >= 0.6 is 0 Å². The molecule has 0 spiro atoms.